The highest BCUT2D eigenvalue weighted by atomic mass is 16.5. The first-order valence-electron chi connectivity index (χ1n) is 6.48. The summed E-state index contributed by atoms with van der Waals surface area (Å²) in [7, 11) is 0. The molecule has 1 amide bonds. The van der Waals surface area contributed by atoms with Crippen molar-refractivity contribution >= 4 is 5.91 Å². The molecule has 18 heavy (non-hydrogen) atoms. The number of ether oxygens (including phenoxy) is 1. The molecule has 0 bridgehead atoms. The molecule has 0 spiro atoms. The number of para-hydroxylation sites is 1. The van der Waals surface area contributed by atoms with Crippen molar-refractivity contribution < 1.29 is 9.53 Å². The molecule has 1 aromatic carbocycles. The first-order chi connectivity index (χ1) is 8.70. The van der Waals surface area contributed by atoms with Gasteiger partial charge in [-0.05, 0) is 18.1 Å². The highest BCUT2D eigenvalue weighted by Gasteiger charge is 2.23. The van der Waals surface area contributed by atoms with E-state index in [1.54, 1.807) is 0 Å². The van der Waals surface area contributed by atoms with Gasteiger partial charge >= 0.3 is 0 Å². The summed E-state index contributed by atoms with van der Waals surface area (Å²) in [4.78, 5) is 11.7. The molecule has 1 aliphatic heterocycles. The molecule has 0 aliphatic carbocycles. The van der Waals surface area contributed by atoms with Crippen molar-refractivity contribution in [2.45, 2.75) is 38.3 Å². The number of carbonyl (C=O) groups is 1. The number of hydrogen-bond donors (Lipinski definition) is 2. The lowest BCUT2D eigenvalue weighted by atomic mass is 10.1. The van der Waals surface area contributed by atoms with Gasteiger partial charge in [-0.1, -0.05) is 31.5 Å². The van der Waals surface area contributed by atoms with E-state index in [1.807, 2.05) is 25.1 Å². The first kappa shape index (κ1) is 12.9. The molecule has 1 aliphatic rings. The summed E-state index contributed by atoms with van der Waals surface area (Å²) in [6, 6.07) is 7.57. The zero-order valence-corrected chi connectivity index (χ0v) is 10.7. The van der Waals surface area contributed by atoms with E-state index in [9.17, 15) is 4.79 Å². The van der Waals surface area contributed by atoms with E-state index in [0.29, 0.717) is 6.54 Å². The Morgan fingerprint density at radius 2 is 2.33 bits per heavy atom. The van der Waals surface area contributed by atoms with Crippen LogP contribution in [0, 0.1) is 0 Å². The van der Waals surface area contributed by atoms with Crippen LogP contribution in [0.2, 0.25) is 0 Å². The largest absolute Gasteiger partial charge is 0.488 e. The summed E-state index contributed by atoms with van der Waals surface area (Å²) in [5.74, 6) is 0.839. The Bertz CT molecular complexity index is 395. The summed E-state index contributed by atoms with van der Waals surface area (Å²) in [6.45, 7) is 2.54. The van der Waals surface area contributed by atoms with Crippen molar-refractivity contribution in [1.82, 2.24) is 5.32 Å². The Balaban J connectivity index is 1.78. The average molecular weight is 248 g/mol. The van der Waals surface area contributed by atoms with Crippen molar-refractivity contribution in [2.24, 2.45) is 5.73 Å². The van der Waals surface area contributed by atoms with E-state index in [-0.39, 0.29) is 12.0 Å². The minimum absolute atomic E-state index is 0.0279. The Morgan fingerprint density at radius 3 is 3.06 bits per heavy atom. The summed E-state index contributed by atoms with van der Waals surface area (Å²) in [5.41, 5.74) is 6.95. The van der Waals surface area contributed by atoms with Gasteiger partial charge in [0.05, 0.1) is 12.6 Å². The fourth-order valence-corrected chi connectivity index (χ4v) is 2.16. The van der Waals surface area contributed by atoms with Crippen LogP contribution in [-0.2, 0) is 11.2 Å². The number of nitrogens with two attached hydrogens (primary N) is 1. The number of fused-ring (bicyclic) bond motifs is 1. The molecule has 2 atom stereocenters. The van der Waals surface area contributed by atoms with E-state index < -0.39 is 6.04 Å². The third-order valence-electron chi connectivity index (χ3n) is 3.15. The van der Waals surface area contributed by atoms with Crippen LogP contribution >= 0.6 is 0 Å². The number of nitrogens with one attached hydrogen (secondary N) is 1. The molecule has 0 fully saturated rings. The molecule has 1 aromatic rings. The van der Waals surface area contributed by atoms with E-state index in [2.05, 4.69) is 11.4 Å². The van der Waals surface area contributed by atoms with Gasteiger partial charge in [-0.3, -0.25) is 4.79 Å². The highest BCUT2D eigenvalue weighted by Crippen LogP contribution is 2.27. The van der Waals surface area contributed by atoms with Crippen molar-refractivity contribution in [2.75, 3.05) is 6.54 Å². The van der Waals surface area contributed by atoms with Crippen LogP contribution in [0.1, 0.15) is 25.3 Å². The molecule has 0 aromatic heterocycles. The lowest BCUT2D eigenvalue weighted by Gasteiger charge is -2.14. The van der Waals surface area contributed by atoms with Gasteiger partial charge in [-0.25, -0.2) is 0 Å². The predicted molar refractivity (Wildman–Crippen MR) is 70.5 cm³/mol. The Hall–Kier alpha value is -1.55. The van der Waals surface area contributed by atoms with Crippen molar-refractivity contribution in [3.05, 3.63) is 29.8 Å². The fraction of sp³-hybridized carbons (Fsp3) is 0.500. The molecular formula is C14H20N2O2. The highest BCUT2D eigenvalue weighted by molar-refractivity contribution is 5.81. The van der Waals surface area contributed by atoms with Gasteiger partial charge in [0, 0.05) is 6.42 Å². The quantitative estimate of drug-likeness (QED) is 0.824. The molecule has 4 nitrogen and oxygen atoms in total. The van der Waals surface area contributed by atoms with Crippen molar-refractivity contribution in [1.29, 1.82) is 0 Å². The van der Waals surface area contributed by atoms with E-state index >= 15 is 0 Å². The van der Waals surface area contributed by atoms with Crippen LogP contribution in [0.4, 0.5) is 0 Å². The van der Waals surface area contributed by atoms with Crippen molar-refractivity contribution in [3.8, 4) is 5.75 Å². The monoisotopic (exact) mass is 248 g/mol. The number of amides is 1. The van der Waals surface area contributed by atoms with E-state index in [1.165, 1.54) is 5.56 Å². The molecule has 2 rings (SSSR count). The SMILES string of the molecule is CCCC(N)C(=O)NCC1Cc2ccccc2O1. The molecule has 2 unspecified atom stereocenters. The molecule has 3 N–H and O–H groups in total. The average Bonchev–Trinajstić information content (AvgIpc) is 2.78. The van der Waals surface area contributed by atoms with Gasteiger partial charge in [0.25, 0.3) is 0 Å². The van der Waals surface area contributed by atoms with Gasteiger partial charge in [-0.15, -0.1) is 0 Å². The summed E-state index contributed by atoms with van der Waals surface area (Å²) in [5, 5.41) is 2.86. The second-order valence-electron chi connectivity index (χ2n) is 4.69. The molecule has 1 heterocycles. The Kier molecular flexibility index (Phi) is 4.20. The van der Waals surface area contributed by atoms with Crippen LogP contribution in [0.25, 0.3) is 0 Å². The summed E-state index contributed by atoms with van der Waals surface area (Å²) < 4.78 is 5.74. The third kappa shape index (κ3) is 3.01. The maximum absolute atomic E-state index is 11.7. The van der Waals surface area contributed by atoms with Gasteiger partial charge < -0.3 is 15.8 Å². The normalized spacial score (nSPS) is 18.9. The lowest BCUT2D eigenvalue weighted by Crippen LogP contribution is -2.44. The summed E-state index contributed by atoms with van der Waals surface area (Å²) >= 11 is 0. The first-order valence-corrected chi connectivity index (χ1v) is 6.48. The van der Waals surface area contributed by atoms with Crippen LogP contribution < -0.4 is 15.8 Å². The molecular weight excluding hydrogens is 228 g/mol. The molecule has 0 saturated heterocycles. The van der Waals surface area contributed by atoms with E-state index in [0.717, 1.165) is 25.0 Å². The standard InChI is InChI=1S/C14H20N2O2/c1-2-5-12(15)14(17)16-9-11-8-10-6-3-4-7-13(10)18-11/h3-4,6-7,11-12H,2,5,8-9,15H2,1H3,(H,16,17). The van der Waals surface area contributed by atoms with Crippen LogP contribution in [0.15, 0.2) is 24.3 Å². The maximum Gasteiger partial charge on any atom is 0.237 e. The van der Waals surface area contributed by atoms with Crippen LogP contribution in [0.3, 0.4) is 0 Å². The van der Waals surface area contributed by atoms with Gasteiger partial charge in [0.15, 0.2) is 0 Å². The van der Waals surface area contributed by atoms with Crippen molar-refractivity contribution in [3.63, 3.8) is 0 Å². The zero-order chi connectivity index (χ0) is 13.0. The molecule has 4 heteroatoms. The number of hydrogen-bond acceptors (Lipinski definition) is 3. The van der Waals surface area contributed by atoms with Gasteiger partial charge in [0.2, 0.25) is 5.91 Å². The molecule has 98 valence electrons. The summed E-state index contributed by atoms with van der Waals surface area (Å²) in [6.07, 6.45) is 2.51. The third-order valence-corrected chi connectivity index (χ3v) is 3.15. The topological polar surface area (TPSA) is 64.4 Å². The van der Waals surface area contributed by atoms with Crippen LogP contribution in [0.5, 0.6) is 5.75 Å². The smallest absolute Gasteiger partial charge is 0.237 e. The lowest BCUT2D eigenvalue weighted by molar-refractivity contribution is -0.122. The predicted octanol–water partition coefficient (Wildman–Crippen LogP) is 1.23. The van der Waals surface area contributed by atoms with E-state index in [4.69, 9.17) is 10.5 Å². The second kappa shape index (κ2) is 5.87. The fourth-order valence-electron chi connectivity index (χ4n) is 2.16. The molecule has 0 radical (unpaired) electrons. The molecule has 0 saturated carbocycles. The zero-order valence-electron chi connectivity index (χ0n) is 10.7. The number of carbonyl (C=O) groups excluding carboxylic acids is 1. The number of benzene rings is 1. The second-order valence-corrected chi connectivity index (χ2v) is 4.69. The minimum Gasteiger partial charge on any atom is -0.488 e. The minimum atomic E-state index is -0.404. The Labute approximate surface area is 108 Å². The number of rotatable bonds is 5. The Morgan fingerprint density at radius 1 is 1.56 bits per heavy atom. The van der Waals surface area contributed by atoms with Gasteiger partial charge in [-0.2, -0.15) is 0 Å². The maximum atomic E-state index is 11.7. The van der Waals surface area contributed by atoms with Gasteiger partial charge in [0.1, 0.15) is 11.9 Å². The van der Waals surface area contributed by atoms with Crippen LogP contribution in [-0.4, -0.2) is 24.6 Å².